The Morgan fingerprint density at radius 2 is 1.96 bits per heavy atom. The molecule has 0 radical (unpaired) electrons. The van der Waals surface area contributed by atoms with E-state index >= 15 is 0 Å². The number of nitrogens with one attached hydrogen (secondary N) is 1. The molecule has 1 heterocycles. The smallest absolute Gasteiger partial charge is 0.277 e. The van der Waals surface area contributed by atoms with Crippen molar-refractivity contribution in [2.75, 3.05) is 11.9 Å². The van der Waals surface area contributed by atoms with Gasteiger partial charge in [0.1, 0.15) is 11.6 Å². The van der Waals surface area contributed by atoms with Gasteiger partial charge >= 0.3 is 0 Å². The predicted octanol–water partition coefficient (Wildman–Crippen LogP) is 4.39. The Balaban J connectivity index is 1.66. The van der Waals surface area contributed by atoms with Crippen LogP contribution in [-0.4, -0.2) is 28.0 Å². The second-order valence-corrected chi connectivity index (χ2v) is 6.82. The molecule has 27 heavy (non-hydrogen) atoms. The summed E-state index contributed by atoms with van der Waals surface area (Å²) < 4.78 is 24.8. The number of carbonyl (C=O) groups excluding carboxylic acids is 1. The molecule has 2 aromatic carbocycles. The maximum absolute atomic E-state index is 13.8. The van der Waals surface area contributed by atoms with E-state index in [1.165, 1.54) is 6.07 Å². The molecule has 6 nitrogen and oxygen atoms in total. The van der Waals surface area contributed by atoms with Gasteiger partial charge in [0, 0.05) is 0 Å². The van der Waals surface area contributed by atoms with Crippen molar-refractivity contribution in [3.05, 3.63) is 54.3 Å². The lowest BCUT2D eigenvalue weighted by molar-refractivity contribution is -0.115. The summed E-state index contributed by atoms with van der Waals surface area (Å²) >= 11 is 1.10. The van der Waals surface area contributed by atoms with Gasteiger partial charge in [-0.05, 0) is 38.1 Å². The fourth-order valence-corrected chi connectivity index (χ4v) is 2.97. The molecule has 1 atom stereocenters. The number of para-hydroxylation sites is 2. The van der Waals surface area contributed by atoms with Crippen molar-refractivity contribution in [2.24, 2.45) is 0 Å². The number of nitrogens with zero attached hydrogens (tertiary/aromatic N) is 2. The van der Waals surface area contributed by atoms with Crippen LogP contribution < -0.4 is 10.1 Å². The third-order valence-electron chi connectivity index (χ3n) is 3.60. The normalized spacial score (nSPS) is 11.8. The van der Waals surface area contributed by atoms with E-state index in [9.17, 15) is 9.18 Å². The molecule has 0 aliphatic heterocycles. The highest BCUT2D eigenvalue weighted by Gasteiger charge is 2.20. The van der Waals surface area contributed by atoms with Gasteiger partial charge in [-0.15, -0.1) is 10.2 Å². The van der Waals surface area contributed by atoms with Crippen LogP contribution in [0.25, 0.3) is 11.5 Å². The number of amides is 1. The molecule has 1 amide bonds. The second-order valence-electron chi connectivity index (χ2n) is 5.53. The van der Waals surface area contributed by atoms with E-state index in [2.05, 4.69) is 15.5 Å². The van der Waals surface area contributed by atoms with Gasteiger partial charge in [0.15, 0.2) is 0 Å². The molecule has 0 fully saturated rings. The number of carbonyl (C=O) groups is 1. The van der Waals surface area contributed by atoms with Crippen molar-refractivity contribution in [3.63, 3.8) is 0 Å². The second kappa shape index (κ2) is 8.68. The Bertz CT molecular complexity index is 932. The minimum Gasteiger partial charge on any atom is -0.492 e. The summed E-state index contributed by atoms with van der Waals surface area (Å²) in [4.78, 5) is 12.5. The molecule has 140 valence electrons. The number of hydrogen-bond acceptors (Lipinski definition) is 6. The van der Waals surface area contributed by atoms with E-state index in [4.69, 9.17) is 9.15 Å². The average Bonchev–Trinajstić information content (AvgIpc) is 3.12. The lowest BCUT2D eigenvalue weighted by Gasteiger charge is -2.13. The molecule has 8 heteroatoms. The number of anilines is 1. The molecule has 0 saturated heterocycles. The zero-order valence-corrected chi connectivity index (χ0v) is 15.6. The molecule has 0 spiro atoms. The number of halogens is 1. The van der Waals surface area contributed by atoms with Gasteiger partial charge in [-0.3, -0.25) is 4.79 Å². The summed E-state index contributed by atoms with van der Waals surface area (Å²) in [5.41, 5.74) is 0.814. The van der Waals surface area contributed by atoms with Gasteiger partial charge in [-0.1, -0.05) is 36.0 Å². The Kier molecular flexibility index (Phi) is 6.08. The first-order valence-electron chi connectivity index (χ1n) is 8.36. The van der Waals surface area contributed by atoms with Crippen molar-refractivity contribution < 1.29 is 18.3 Å². The van der Waals surface area contributed by atoms with Crippen molar-refractivity contribution >= 4 is 23.4 Å². The summed E-state index contributed by atoms with van der Waals surface area (Å²) in [7, 11) is 0. The first-order valence-corrected chi connectivity index (χ1v) is 9.24. The minimum atomic E-state index is -0.506. The summed E-state index contributed by atoms with van der Waals surface area (Å²) in [6.45, 7) is 4.09. The van der Waals surface area contributed by atoms with Gasteiger partial charge in [0.25, 0.3) is 11.1 Å². The zero-order chi connectivity index (χ0) is 19.2. The third kappa shape index (κ3) is 4.65. The molecule has 1 N–H and O–H groups in total. The van der Waals surface area contributed by atoms with E-state index in [1.54, 1.807) is 37.3 Å². The molecule has 3 aromatic rings. The van der Waals surface area contributed by atoms with Crippen LogP contribution in [0.15, 0.2) is 58.2 Å². The monoisotopic (exact) mass is 387 g/mol. The van der Waals surface area contributed by atoms with Crippen LogP contribution in [-0.2, 0) is 4.79 Å². The predicted molar refractivity (Wildman–Crippen MR) is 101 cm³/mol. The summed E-state index contributed by atoms with van der Waals surface area (Å²) in [6, 6.07) is 13.3. The van der Waals surface area contributed by atoms with Crippen molar-refractivity contribution in [2.45, 2.75) is 24.3 Å². The maximum atomic E-state index is 13.8. The van der Waals surface area contributed by atoms with E-state index in [0.29, 0.717) is 18.0 Å². The molecule has 0 bridgehead atoms. The topological polar surface area (TPSA) is 77.2 Å². The zero-order valence-electron chi connectivity index (χ0n) is 14.8. The molecular formula is C19H18FN3O3S. The van der Waals surface area contributed by atoms with Crippen LogP contribution in [0.4, 0.5) is 10.1 Å². The van der Waals surface area contributed by atoms with Gasteiger partial charge in [-0.25, -0.2) is 4.39 Å². The van der Waals surface area contributed by atoms with Crippen LogP contribution in [0.1, 0.15) is 13.8 Å². The molecule has 3 rings (SSSR count). The number of hydrogen-bond donors (Lipinski definition) is 1. The Morgan fingerprint density at radius 1 is 1.22 bits per heavy atom. The molecule has 0 saturated carbocycles. The van der Waals surface area contributed by atoms with E-state index in [-0.39, 0.29) is 22.6 Å². The molecule has 0 unspecified atom stereocenters. The lowest BCUT2D eigenvalue weighted by atomic mass is 10.2. The van der Waals surface area contributed by atoms with E-state index in [1.807, 2.05) is 19.1 Å². The summed E-state index contributed by atoms with van der Waals surface area (Å²) in [5.74, 6) is -0.0103. The van der Waals surface area contributed by atoms with Crippen molar-refractivity contribution in [3.8, 4) is 17.2 Å². The van der Waals surface area contributed by atoms with Gasteiger partial charge in [0.2, 0.25) is 5.91 Å². The fourth-order valence-electron chi connectivity index (χ4n) is 2.29. The van der Waals surface area contributed by atoms with Gasteiger partial charge < -0.3 is 14.5 Å². The summed E-state index contributed by atoms with van der Waals surface area (Å²) in [6.07, 6.45) is 0. The number of ether oxygens (including phenoxy) is 1. The van der Waals surface area contributed by atoms with Gasteiger partial charge in [-0.2, -0.15) is 0 Å². The fraction of sp³-hybridized carbons (Fsp3) is 0.211. The number of aromatic nitrogens is 2. The first-order chi connectivity index (χ1) is 13.1. The Morgan fingerprint density at radius 3 is 2.74 bits per heavy atom. The van der Waals surface area contributed by atoms with Crippen LogP contribution in [0, 0.1) is 5.82 Å². The van der Waals surface area contributed by atoms with E-state index < -0.39 is 11.1 Å². The summed E-state index contributed by atoms with van der Waals surface area (Å²) in [5, 5.41) is 10.2. The number of rotatable bonds is 7. The SMILES string of the molecule is CCOc1ccccc1NC(=O)[C@@H](C)Sc1nnc(-c2ccccc2F)o1. The lowest BCUT2D eigenvalue weighted by Crippen LogP contribution is -2.22. The van der Waals surface area contributed by atoms with Crippen LogP contribution >= 0.6 is 11.8 Å². The standard InChI is InChI=1S/C19H18FN3O3S/c1-3-25-16-11-7-6-10-15(16)21-17(24)12(2)27-19-23-22-18(26-19)13-8-4-5-9-14(13)20/h4-12H,3H2,1-2H3,(H,21,24)/t12-/m1/s1. The maximum Gasteiger partial charge on any atom is 0.277 e. The molecule has 0 aliphatic carbocycles. The van der Waals surface area contributed by atoms with Gasteiger partial charge in [0.05, 0.1) is 23.1 Å². The van der Waals surface area contributed by atoms with Crippen molar-refractivity contribution in [1.82, 2.24) is 10.2 Å². The largest absolute Gasteiger partial charge is 0.492 e. The third-order valence-corrected chi connectivity index (χ3v) is 4.54. The highest BCUT2D eigenvalue weighted by atomic mass is 32.2. The van der Waals surface area contributed by atoms with Crippen LogP contribution in [0.5, 0.6) is 5.75 Å². The molecule has 0 aliphatic rings. The Hall–Kier alpha value is -2.87. The van der Waals surface area contributed by atoms with Crippen molar-refractivity contribution in [1.29, 1.82) is 0 Å². The Labute approximate surface area is 160 Å². The first kappa shape index (κ1) is 18.9. The highest BCUT2D eigenvalue weighted by molar-refractivity contribution is 8.00. The highest BCUT2D eigenvalue weighted by Crippen LogP contribution is 2.29. The van der Waals surface area contributed by atoms with E-state index in [0.717, 1.165) is 11.8 Å². The number of benzene rings is 2. The average molecular weight is 387 g/mol. The quantitative estimate of drug-likeness (QED) is 0.606. The minimum absolute atomic E-state index is 0.0740. The molecule has 1 aromatic heterocycles. The number of thioether (sulfide) groups is 1. The van der Waals surface area contributed by atoms with Crippen LogP contribution in [0.2, 0.25) is 0 Å². The van der Waals surface area contributed by atoms with Crippen LogP contribution in [0.3, 0.4) is 0 Å². The molecular weight excluding hydrogens is 369 g/mol.